The van der Waals surface area contributed by atoms with Gasteiger partial charge in [-0.25, -0.2) is 9.78 Å². The molecule has 2 heterocycles. The molecule has 2 aromatic heterocycles. The van der Waals surface area contributed by atoms with Crippen LogP contribution in [0.15, 0.2) is 30.5 Å². The first-order valence-corrected chi connectivity index (χ1v) is 7.46. The van der Waals surface area contributed by atoms with Gasteiger partial charge in [0.1, 0.15) is 17.2 Å². The Balaban J connectivity index is 2.15. The standard InChI is InChI=1S/C16H14ClN3O3/c1-3-15(21)23-20-13-5-4-11(17)6-10(13)7-14(20)16(22)12-8-18-9(2)19-12/h4-8H,3H2,1-2H3,(H,18,19). The Kier molecular flexibility index (Phi) is 3.92. The minimum atomic E-state index is -0.438. The molecule has 0 bridgehead atoms. The molecule has 0 saturated carbocycles. The number of H-pyrrole nitrogens is 1. The summed E-state index contributed by atoms with van der Waals surface area (Å²) in [5.41, 5.74) is 1.15. The van der Waals surface area contributed by atoms with Crippen LogP contribution in [0.1, 0.15) is 35.4 Å². The predicted molar refractivity (Wildman–Crippen MR) is 85.6 cm³/mol. The minimum absolute atomic E-state index is 0.198. The summed E-state index contributed by atoms with van der Waals surface area (Å²) in [5.74, 6) is -0.126. The number of benzene rings is 1. The second-order valence-corrected chi connectivity index (χ2v) is 5.49. The Morgan fingerprint density at radius 3 is 2.78 bits per heavy atom. The second-order valence-electron chi connectivity index (χ2n) is 5.06. The van der Waals surface area contributed by atoms with Crippen LogP contribution in [-0.4, -0.2) is 26.5 Å². The summed E-state index contributed by atoms with van der Waals surface area (Å²) in [4.78, 5) is 36.6. The molecule has 0 atom stereocenters. The molecule has 0 amide bonds. The zero-order valence-electron chi connectivity index (χ0n) is 12.6. The molecule has 0 aliphatic heterocycles. The van der Waals surface area contributed by atoms with E-state index in [1.165, 1.54) is 10.9 Å². The molecule has 0 fully saturated rings. The molecule has 0 saturated heterocycles. The van der Waals surface area contributed by atoms with Gasteiger partial charge >= 0.3 is 5.97 Å². The van der Waals surface area contributed by atoms with Gasteiger partial charge in [-0.1, -0.05) is 18.5 Å². The van der Waals surface area contributed by atoms with E-state index in [0.29, 0.717) is 27.4 Å². The van der Waals surface area contributed by atoms with E-state index in [0.717, 1.165) is 0 Å². The fraction of sp³-hybridized carbons (Fsp3) is 0.188. The van der Waals surface area contributed by atoms with Gasteiger partial charge in [-0.2, -0.15) is 4.73 Å². The molecular formula is C16H14ClN3O3. The Morgan fingerprint density at radius 2 is 2.13 bits per heavy atom. The van der Waals surface area contributed by atoms with Crippen LogP contribution in [0.25, 0.3) is 10.9 Å². The third-order valence-corrected chi connectivity index (χ3v) is 3.62. The number of carbonyl (C=O) groups excluding carboxylic acids is 2. The topological polar surface area (TPSA) is 77.0 Å². The molecule has 1 aromatic carbocycles. The normalized spacial score (nSPS) is 10.9. The summed E-state index contributed by atoms with van der Waals surface area (Å²) in [5, 5.41) is 1.24. The number of hydrogen-bond acceptors (Lipinski definition) is 4. The maximum Gasteiger partial charge on any atom is 0.332 e. The van der Waals surface area contributed by atoms with Crippen molar-refractivity contribution in [2.45, 2.75) is 20.3 Å². The van der Waals surface area contributed by atoms with E-state index < -0.39 is 5.97 Å². The van der Waals surface area contributed by atoms with Gasteiger partial charge in [-0.15, -0.1) is 0 Å². The predicted octanol–water partition coefficient (Wildman–Crippen LogP) is 2.92. The van der Waals surface area contributed by atoms with E-state index >= 15 is 0 Å². The monoisotopic (exact) mass is 331 g/mol. The van der Waals surface area contributed by atoms with Crippen LogP contribution >= 0.6 is 11.6 Å². The molecule has 0 spiro atoms. The number of carbonyl (C=O) groups is 2. The molecule has 0 unspecified atom stereocenters. The highest BCUT2D eigenvalue weighted by Gasteiger charge is 2.21. The summed E-state index contributed by atoms with van der Waals surface area (Å²) in [6.45, 7) is 3.44. The lowest BCUT2D eigenvalue weighted by Gasteiger charge is -2.08. The van der Waals surface area contributed by atoms with Crippen molar-refractivity contribution in [3.05, 3.63) is 52.7 Å². The number of fused-ring (bicyclic) bond motifs is 1. The van der Waals surface area contributed by atoms with Crippen molar-refractivity contribution in [2.24, 2.45) is 0 Å². The van der Waals surface area contributed by atoms with E-state index in [-0.39, 0.29) is 17.9 Å². The molecular weight excluding hydrogens is 318 g/mol. The second kappa shape index (κ2) is 5.89. The van der Waals surface area contributed by atoms with Gasteiger partial charge in [0, 0.05) is 16.8 Å². The number of rotatable bonds is 4. The van der Waals surface area contributed by atoms with E-state index in [1.807, 2.05) is 0 Å². The number of ketones is 1. The van der Waals surface area contributed by atoms with Crippen molar-refractivity contribution in [1.29, 1.82) is 0 Å². The third kappa shape index (κ3) is 2.85. The van der Waals surface area contributed by atoms with Gasteiger partial charge in [0.05, 0.1) is 11.7 Å². The van der Waals surface area contributed by atoms with Crippen molar-refractivity contribution < 1.29 is 14.4 Å². The maximum atomic E-state index is 12.7. The fourth-order valence-corrected chi connectivity index (χ4v) is 2.44. The summed E-state index contributed by atoms with van der Waals surface area (Å²) < 4.78 is 1.25. The smallest absolute Gasteiger partial charge is 0.332 e. The van der Waals surface area contributed by atoms with Crippen LogP contribution < -0.4 is 4.84 Å². The van der Waals surface area contributed by atoms with E-state index in [9.17, 15) is 9.59 Å². The van der Waals surface area contributed by atoms with E-state index in [1.54, 1.807) is 38.1 Å². The average Bonchev–Trinajstić information content (AvgIpc) is 3.10. The Bertz CT molecular complexity index is 911. The van der Waals surface area contributed by atoms with E-state index in [4.69, 9.17) is 16.4 Å². The highest BCUT2D eigenvalue weighted by Crippen LogP contribution is 2.24. The highest BCUT2D eigenvalue weighted by molar-refractivity contribution is 6.31. The highest BCUT2D eigenvalue weighted by atomic mass is 35.5. The number of halogens is 1. The maximum absolute atomic E-state index is 12.7. The minimum Gasteiger partial charge on any atom is -0.339 e. The first-order chi connectivity index (χ1) is 11.0. The van der Waals surface area contributed by atoms with Gasteiger partial charge in [-0.3, -0.25) is 4.79 Å². The van der Waals surface area contributed by atoms with Crippen molar-refractivity contribution in [3.63, 3.8) is 0 Å². The fourth-order valence-electron chi connectivity index (χ4n) is 2.26. The summed E-state index contributed by atoms with van der Waals surface area (Å²) in [6, 6.07) is 6.73. The van der Waals surface area contributed by atoms with Crippen molar-refractivity contribution in [3.8, 4) is 0 Å². The zero-order valence-corrected chi connectivity index (χ0v) is 13.3. The average molecular weight is 332 g/mol. The number of aryl methyl sites for hydroxylation is 1. The van der Waals surface area contributed by atoms with Crippen molar-refractivity contribution >= 4 is 34.3 Å². The lowest BCUT2D eigenvalue weighted by atomic mass is 10.2. The quantitative estimate of drug-likeness (QED) is 0.746. The van der Waals surface area contributed by atoms with Gasteiger partial charge in [0.15, 0.2) is 0 Å². The number of nitrogens with one attached hydrogen (secondary N) is 1. The van der Waals surface area contributed by atoms with Crippen LogP contribution in [0, 0.1) is 6.92 Å². The van der Waals surface area contributed by atoms with Crippen LogP contribution in [0.2, 0.25) is 5.02 Å². The summed E-state index contributed by atoms with van der Waals surface area (Å²) >= 11 is 6.00. The van der Waals surface area contributed by atoms with Crippen molar-refractivity contribution in [2.75, 3.05) is 0 Å². The molecule has 118 valence electrons. The largest absolute Gasteiger partial charge is 0.339 e. The number of imidazole rings is 1. The van der Waals surface area contributed by atoms with Gasteiger partial charge in [0.25, 0.3) is 0 Å². The molecule has 6 nitrogen and oxygen atoms in total. The van der Waals surface area contributed by atoms with Crippen LogP contribution in [0.4, 0.5) is 0 Å². The molecule has 1 N–H and O–H groups in total. The Labute approximate surface area is 137 Å². The molecule has 23 heavy (non-hydrogen) atoms. The van der Waals surface area contributed by atoms with Crippen LogP contribution in [0.3, 0.4) is 0 Å². The molecule has 3 aromatic rings. The molecule has 3 rings (SSSR count). The van der Waals surface area contributed by atoms with Gasteiger partial charge in [-0.05, 0) is 31.2 Å². The number of nitrogens with zero attached hydrogens (tertiary/aromatic N) is 2. The zero-order chi connectivity index (χ0) is 16.6. The molecule has 7 heteroatoms. The number of aromatic nitrogens is 3. The first-order valence-electron chi connectivity index (χ1n) is 7.08. The van der Waals surface area contributed by atoms with Crippen molar-refractivity contribution in [1.82, 2.24) is 14.7 Å². The lowest BCUT2D eigenvalue weighted by molar-refractivity contribution is -0.143. The van der Waals surface area contributed by atoms with Gasteiger partial charge < -0.3 is 9.82 Å². The number of hydrogen-bond donors (Lipinski definition) is 1. The first kappa shape index (κ1) is 15.3. The molecule has 0 aliphatic rings. The Hall–Kier alpha value is -2.60. The summed E-state index contributed by atoms with van der Waals surface area (Å²) in [7, 11) is 0. The SMILES string of the molecule is CCC(=O)On1c(C(=O)c2cnc(C)[nH]2)cc2cc(Cl)ccc21. The van der Waals surface area contributed by atoms with Crippen LogP contribution in [-0.2, 0) is 4.79 Å². The molecule has 0 radical (unpaired) electrons. The van der Waals surface area contributed by atoms with Crippen LogP contribution in [0.5, 0.6) is 0 Å². The Morgan fingerprint density at radius 1 is 1.35 bits per heavy atom. The summed E-state index contributed by atoms with van der Waals surface area (Å²) in [6.07, 6.45) is 1.65. The lowest BCUT2D eigenvalue weighted by Crippen LogP contribution is -2.23. The third-order valence-electron chi connectivity index (χ3n) is 3.38. The van der Waals surface area contributed by atoms with Gasteiger partial charge in [0.2, 0.25) is 5.78 Å². The molecule has 0 aliphatic carbocycles. The number of aromatic amines is 1. The van der Waals surface area contributed by atoms with E-state index in [2.05, 4.69) is 9.97 Å².